The van der Waals surface area contributed by atoms with Crippen molar-refractivity contribution in [3.63, 3.8) is 0 Å². The molecule has 1 fully saturated rings. The summed E-state index contributed by atoms with van der Waals surface area (Å²) >= 11 is 1.57. The van der Waals surface area contributed by atoms with E-state index in [1.54, 1.807) is 28.5 Å². The Labute approximate surface area is 139 Å². The molecule has 23 heavy (non-hydrogen) atoms. The first-order valence-corrected chi connectivity index (χ1v) is 8.34. The van der Waals surface area contributed by atoms with Gasteiger partial charge in [-0.25, -0.2) is 4.98 Å². The molecule has 1 aliphatic heterocycles. The van der Waals surface area contributed by atoms with Crippen molar-refractivity contribution in [2.45, 2.75) is 38.7 Å². The SMILES string of the molecule is CC(C)(C)c1ncc(/C=C/C(=O)N2CCOC(CC(=O)O)C2)s1. The van der Waals surface area contributed by atoms with Crippen molar-refractivity contribution in [3.8, 4) is 0 Å². The summed E-state index contributed by atoms with van der Waals surface area (Å²) in [5.41, 5.74) is -0.00493. The Balaban J connectivity index is 1.95. The number of carbonyl (C=O) groups is 2. The van der Waals surface area contributed by atoms with Crippen molar-refractivity contribution in [1.82, 2.24) is 9.88 Å². The van der Waals surface area contributed by atoms with Gasteiger partial charge in [0.15, 0.2) is 0 Å². The van der Waals surface area contributed by atoms with Crippen LogP contribution in [-0.2, 0) is 19.7 Å². The number of morpholine rings is 1. The summed E-state index contributed by atoms with van der Waals surface area (Å²) in [6, 6.07) is 0. The predicted molar refractivity (Wildman–Crippen MR) is 88.4 cm³/mol. The van der Waals surface area contributed by atoms with E-state index < -0.39 is 12.1 Å². The lowest BCUT2D eigenvalue weighted by atomic mass is 9.98. The zero-order valence-corrected chi connectivity index (χ0v) is 14.4. The zero-order valence-electron chi connectivity index (χ0n) is 13.6. The Morgan fingerprint density at radius 3 is 2.87 bits per heavy atom. The lowest BCUT2D eigenvalue weighted by Crippen LogP contribution is -2.45. The minimum absolute atomic E-state index is 0.00493. The van der Waals surface area contributed by atoms with E-state index >= 15 is 0 Å². The summed E-state index contributed by atoms with van der Waals surface area (Å²) in [7, 11) is 0. The number of hydrogen-bond acceptors (Lipinski definition) is 5. The number of thiazole rings is 1. The van der Waals surface area contributed by atoms with Gasteiger partial charge in [0.05, 0.1) is 24.1 Å². The van der Waals surface area contributed by atoms with Crippen LogP contribution in [0.25, 0.3) is 6.08 Å². The van der Waals surface area contributed by atoms with Gasteiger partial charge in [0.1, 0.15) is 0 Å². The van der Waals surface area contributed by atoms with Crippen LogP contribution in [0.1, 0.15) is 37.1 Å². The van der Waals surface area contributed by atoms with Crippen LogP contribution in [0.3, 0.4) is 0 Å². The van der Waals surface area contributed by atoms with Crippen LogP contribution in [0.5, 0.6) is 0 Å². The molecular weight excluding hydrogens is 316 g/mol. The molecule has 1 aromatic heterocycles. The number of aromatic nitrogens is 1. The van der Waals surface area contributed by atoms with Gasteiger partial charge in [-0.3, -0.25) is 9.59 Å². The van der Waals surface area contributed by atoms with Crippen molar-refractivity contribution >= 4 is 29.3 Å². The van der Waals surface area contributed by atoms with E-state index in [1.807, 2.05) is 0 Å². The molecule has 0 aliphatic carbocycles. The summed E-state index contributed by atoms with van der Waals surface area (Å²) in [6.45, 7) is 7.45. The van der Waals surface area contributed by atoms with Crippen LogP contribution in [0.2, 0.25) is 0 Å². The van der Waals surface area contributed by atoms with Crippen molar-refractivity contribution in [1.29, 1.82) is 0 Å². The van der Waals surface area contributed by atoms with Gasteiger partial charge in [-0.15, -0.1) is 11.3 Å². The number of ether oxygens (including phenoxy) is 1. The summed E-state index contributed by atoms with van der Waals surface area (Å²) in [5.74, 6) is -1.05. The van der Waals surface area contributed by atoms with Crippen molar-refractivity contribution in [2.75, 3.05) is 19.7 Å². The van der Waals surface area contributed by atoms with Gasteiger partial charge in [-0.2, -0.15) is 0 Å². The zero-order chi connectivity index (χ0) is 17.0. The molecule has 0 aromatic carbocycles. The number of carboxylic acids is 1. The molecule has 0 bridgehead atoms. The Kier molecular flexibility index (Phi) is 5.54. The normalized spacial score (nSPS) is 19.3. The highest BCUT2D eigenvalue weighted by atomic mass is 32.1. The number of hydrogen-bond donors (Lipinski definition) is 1. The van der Waals surface area contributed by atoms with Gasteiger partial charge in [0.2, 0.25) is 5.91 Å². The molecule has 0 spiro atoms. The van der Waals surface area contributed by atoms with Crippen LogP contribution in [0, 0.1) is 0 Å². The third-order valence-corrected chi connectivity index (χ3v) is 4.80. The molecule has 1 unspecified atom stereocenters. The number of amides is 1. The van der Waals surface area contributed by atoms with Gasteiger partial charge in [-0.1, -0.05) is 20.8 Å². The molecule has 2 rings (SSSR count). The molecule has 6 nitrogen and oxygen atoms in total. The van der Waals surface area contributed by atoms with Crippen LogP contribution >= 0.6 is 11.3 Å². The van der Waals surface area contributed by atoms with Gasteiger partial charge < -0.3 is 14.7 Å². The average Bonchev–Trinajstić information content (AvgIpc) is 2.93. The first-order chi connectivity index (χ1) is 10.8. The fraction of sp³-hybridized carbons (Fsp3) is 0.562. The summed E-state index contributed by atoms with van der Waals surface area (Å²) < 4.78 is 5.37. The number of nitrogens with zero attached hydrogens (tertiary/aromatic N) is 2. The molecule has 1 N–H and O–H groups in total. The minimum atomic E-state index is -0.917. The molecule has 7 heteroatoms. The highest BCUT2D eigenvalue weighted by Crippen LogP contribution is 2.27. The summed E-state index contributed by atoms with van der Waals surface area (Å²) in [6.07, 6.45) is 4.52. The van der Waals surface area contributed by atoms with Crippen LogP contribution in [0.15, 0.2) is 12.3 Å². The quantitative estimate of drug-likeness (QED) is 0.851. The van der Waals surface area contributed by atoms with E-state index in [-0.39, 0.29) is 17.7 Å². The van der Waals surface area contributed by atoms with Crippen molar-refractivity contribution < 1.29 is 19.4 Å². The maximum atomic E-state index is 12.2. The Hall–Kier alpha value is -1.73. The van der Waals surface area contributed by atoms with E-state index in [9.17, 15) is 9.59 Å². The molecule has 0 radical (unpaired) electrons. The molecule has 1 saturated heterocycles. The number of carboxylic acid groups (broad SMARTS) is 1. The maximum absolute atomic E-state index is 12.2. The van der Waals surface area contributed by atoms with Gasteiger partial charge >= 0.3 is 5.97 Å². The minimum Gasteiger partial charge on any atom is -0.481 e. The van der Waals surface area contributed by atoms with Crippen LogP contribution in [0.4, 0.5) is 0 Å². The highest BCUT2D eigenvalue weighted by molar-refractivity contribution is 7.12. The smallest absolute Gasteiger partial charge is 0.306 e. The molecule has 2 heterocycles. The second-order valence-electron chi connectivity index (χ2n) is 6.53. The lowest BCUT2D eigenvalue weighted by molar-refractivity contribution is -0.145. The standard InChI is InChI=1S/C16H22N2O4S/c1-16(2,3)15-17-9-12(23-15)4-5-13(19)18-6-7-22-11(10-18)8-14(20)21/h4-5,9,11H,6-8,10H2,1-3H3,(H,20,21)/b5-4+. The third kappa shape index (κ3) is 5.14. The number of carbonyl (C=O) groups excluding carboxylic acids is 1. The van der Waals surface area contributed by atoms with Gasteiger partial charge in [0.25, 0.3) is 0 Å². The summed E-state index contributed by atoms with van der Waals surface area (Å²) in [4.78, 5) is 29.9. The molecule has 1 aromatic rings. The fourth-order valence-corrected chi connectivity index (χ4v) is 3.08. The second-order valence-corrected chi connectivity index (χ2v) is 7.59. The molecule has 1 amide bonds. The third-order valence-electron chi connectivity index (χ3n) is 3.41. The molecule has 1 aliphatic rings. The van der Waals surface area contributed by atoms with Gasteiger partial charge in [0, 0.05) is 35.7 Å². The molecule has 0 saturated carbocycles. The summed E-state index contributed by atoms with van der Waals surface area (Å²) in [5, 5.41) is 9.83. The van der Waals surface area contributed by atoms with Crippen molar-refractivity contribution in [2.24, 2.45) is 0 Å². The maximum Gasteiger partial charge on any atom is 0.306 e. The van der Waals surface area contributed by atoms with E-state index in [1.165, 1.54) is 6.08 Å². The topological polar surface area (TPSA) is 79.7 Å². The Bertz CT molecular complexity index is 603. The lowest BCUT2D eigenvalue weighted by Gasteiger charge is -2.31. The van der Waals surface area contributed by atoms with Crippen LogP contribution < -0.4 is 0 Å². The highest BCUT2D eigenvalue weighted by Gasteiger charge is 2.25. The van der Waals surface area contributed by atoms with Crippen molar-refractivity contribution in [3.05, 3.63) is 22.2 Å². The number of rotatable bonds is 4. The van der Waals surface area contributed by atoms with E-state index in [4.69, 9.17) is 9.84 Å². The Morgan fingerprint density at radius 1 is 1.52 bits per heavy atom. The molecular formula is C16H22N2O4S. The first kappa shape index (κ1) is 17.6. The van der Waals surface area contributed by atoms with E-state index in [0.717, 1.165) is 9.88 Å². The second kappa shape index (κ2) is 7.23. The first-order valence-electron chi connectivity index (χ1n) is 7.52. The molecule has 1 atom stereocenters. The fourth-order valence-electron chi connectivity index (χ4n) is 2.21. The van der Waals surface area contributed by atoms with Gasteiger partial charge in [-0.05, 0) is 6.08 Å². The van der Waals surface area contributed by atoms with E-state index in [2.05, 4.69) is 25.8 Å². The molecule has 126 valence electrons. The Morgan fingerprint density at radius 2 is 2.26 bits per heavy atom. The van der Waals surface area contributed by atoms with E-state index in [0.29, 0.717) is 19.7 Å². The predicted octanol–water partition coefficient (Wildman–Crippen LogP) is 2.16. The number of aliphatic carboxylic acids is 1. The average molecular weight is 338 g/mol. The monoisotopic (exact) mass is 338 g/mol. The largest absolute Gasteiger partial charge is 0.481 e. The van der Waals surface area contributed by atoms with Crippen LogP contribution in [-0.4, -0.2) is 52.7 Å².